The highest BCUT2D eigenvalue weighted by Gasteiger charge is 2.22. The summed E-state index contributed by atoms with van der Waals surface area (Å²) in [7, 11) is 0. The number of nitrogens with zero attached hydrogens (tertiary/aromatic N) is 4. The number of hydrogen-bond donors (Lipinski definition) is 1. The number of aliphatic hydroxyl groups is 1. The summed E-state index contributed by atoms with van der Waals surface area (Å²) in [6.07, 6.45) is 0.591. The van der Waals surface area contributed by atoms with Crippen LogP contribution in [0.3, 0.4) is 0 Å². The Labute approximate surface area is 173 Å². The summed E-state index contributed by atoms with van der Waals surface area (Å²) in [6.45, 7) is 9.73. The Bertz CT molecular complexity index is 793. The van der Waals surface area contributed by atoms with Crippen LogP contribution in [-0.4, -0.2) is 103 Å². The maximum absolute atomic E-state index is 10.8. The first-order chi connectivity index (χ1) is 14.2. The average molecular weight is 397 g/mol. The van der Waals surface area contributed by atoms with E-state index in [4.69, 9.17) is 0 Å². The van der Waals surface area contributed by atoms with Gasteiger partial charge >= 0.3 is 0 Å². The molecule has 2 aromatic rings. The molecule has 6 nitrogen and oxygen atoms in total. The molecule has 2 aromatic carbocycles. The Morgan fingerprint density at radius 2 is 1.38 bits per heavy atom. The smallest absolute Gasteiger partial charge is 0.209 e. The molecule has 2 heterocycles. The molecule has 0 aromatic heterocycles. The van der Waals surface area contributed by atoms with Gasteiger partial charge in [0.1, 0.15) is 0 Å². The van der Waals surface area contributed by atoms with Crippen LogP contribution in [0.5, 0.6) is 0 Å². The fourth-order valence-corrected chi connectivity index (χ4v) is 4.51. The molecule has 0 bridgehead atoms. The lowest BCUT2D eigenvalue weighted by Gasteiger charge is -2.37. The molecule has 2 aliphatic rings. The van der Waals surface area contributed by atoms with E-state index < -0.39 is 0 Å². The molecular formula is C23H32N4O2. The summed E-state index contributed by atoms with van der Waals surface area (Å²) in [5.41, 5.74) is 1.39. The predicted molar refractivity (Wildman–Crippen MR) is 116 cm³/mol. The molecule has 1 atom stereocenters. The molecule has 0 saturated carbocycles. The molecule has 2 aliphatic heterocycles. The number of piperazine rings is 2. The lowest BCUT2D eigenvalue weighted by molar-refractivity contribution is -0.119. The van der Waals surface area contributed by atoms with E-state index >= 15 is 0 Å². The van der Waals surface area contributed by atoms with Gasteiger partial charge in [0.25, 0.3) is 0 Å². The van der Waals surface area contributed by atoms with Gasteiger partial charge in [0.05, 0.1) is 6.10 Å². The molecule has 6 heteroatoms. The number of amides is 1. The molecule has 29 heavy (non-hydrogen) atoms. The van der Waals surface area contributed by atoms with Crippen molar-refractivity contribution in [1.82, 2.24) is 19.6 Å². The van der Waals surface area contributed by atoms with Crippen LogP contribution in [0.1, 0.15) is 5.56 Å². The summed E-state index contributed by atoms with van der Waals surface area (Å²) in [5.74, 6) is 0. The lowest BCUT2D eigenvalue weighted by atomic mass is 10.0. The molecule has 1 N–H and O–H groups in total. The number of fused-ring (bicyclic) bond motifs is 1. The van der Waals surface area contributed by atoms with Gasteiger partial charge in [-0.25, -0.2) is 0 Å². The van der Waals surface area contributed by atoms with Crippen molar-refractivity contribution in [3.05, 3.63) is 48.0 Å². The third-order valence-corrected chi connectivity index (χ3v) is 6.23. The van der Waals surface area contributed by atoms with E-state index in [2.05, 4.69) is 57.2 Å². The second kappa shape index (κ2) is 9.67. The van der Waals surface area contributed by atoms with Gasteiger partial charge in [0.15, 0.2) is 0 Å². The number of aliphatic hydroxyl groups excluding tert-OH is 1. The van der Waals surface area contributed by atoms with Crippen molar-refractivity contribution in [1.29, 1.82) is 0 Å². The van der Waals surface area contributed by atoms with Crippen molar-refractivity contribution in [2.24, 2.45) is 0 Å². The molecule has 0 radical (unpaired) electrons. The fourth-order valence-electron chi connectivity index (χ4n) is 4.51. The highest BCUT2D eigenvalue weighted by molar-refractivity contribution is 5.85. The van der Waals surface area contributed by atoms with E-state index in [0.29, 0.717) is 6.54 Å². The number of rotatable bonds is 7. The van der Waals surface area contributed by atoms with Crippen LogP contribution < -0.4 is 0 Å². The third kappa shape index (κ3) is 5.34. The summed E-state index contributed by atoms with van der Waals surface area (Å²) < 4.78 is 0. The Hall–Kier alpha value is -1.99. The van der Waals surface area contributed by atoms with Gasteiger partial charge in [-0.15, -0.1) is 0 Å². The van der Waals surface area contributed by atoms with Crippen molar-refractivity contribution in [3.8, 4) is 0 Å². The maximum Gasteiger partial charge on any atom is 0.209 e. The Kier molecular flexibility index (Phi) is 6.77. The second-order valence-corrected chi connectivity index (χ2v) is 8.31. The van der Waals surface area contributed by atoms with Crippen LogP contribution in [0.15, 0.2) is 42.5 Å². The highest BCUT2D eigenvalue weighted by atomic mass is 16.3. The summed E-state index contributed by atoms with van der Waals surface area (Å²) in [6, 6.07) is 15.2. The average Bonchev–Trinajstić information content (AvgIpc) is 2.76. The van der Waals surface area contributed by atoms with Crippen molar-refractivity contribution < 1.29 is 9.90 Å². The summed E-state index contributed by atoms with van der Waals surface area (Å²) in [5, 5.41) is 13.2. The van der Waals surface area contributed by atoms with E-state index in [1.54, 1.807) is 4.90 Å². The van der Waals surface area contributed by atoms with Gasteiger partial charge in [-0.1, -0.05) is 42.5 Å². The van der Waals surface area contributed by atoms with Crippen LogP contribution in [0.25, 0.3) is 10.8 Å². The molecule has 0 spiro atoms. The maximum atomic E-state index is 10.8. The molecule has 1 amide bonds. The molecule has 156 valence electrons. The van der Waals surface area contributed by atoms with Gasteiger partial charge in [-0.05, 0) is 16.3 Å². The lowest BCUT2D eigenvalue weighted by Crippen LogP contribution is -2.52. The number of benzene rings is 2. The molecular weight excluding hydrogens is 364 g/mol. The van der Waals surface area contributed by atoms with Crippen LogP contribution in [-0.2, 0) is 11.3 Å². The highest BCUT2D eigenvalue weighted by Crippen LogP contribution is 2.20. The van der Waals surface area contributed by atoms with Gasteiger partial charge in [0, 0.05) is 72.0 Å². The predicted octanol–water partition coefficient (Wildman–Crippen LogP) is 1.09. The first-order valence-corrected chi connectivity index (χ1v) is 10.7. The second-order valence-electron chi connectivity index (χ2n) is 8.31. The van der Waals surface area contributed by atoms with Crippen LogP contribution in [0.2, 0.25) is 0 Å². The number of carbonyl (C=O) groups excluding carboxylic acids is 1. The number of hydrogen-bond acceptors (Lipinski definition) is 5. The molecule has 2 fully saturated rings. The Morgan fingerprint density at radius 1 is 0.793 bits per heavy atom. The minimum Gasteiger partial charge on any atom is -0.390 e. The van der Waals surface area contributed by atoms with Crippen molar-refractivity contribution >= 4 is 17.2 Å². The van der Waals surface area contributed by atoms with E-state index in [-0.39, 0.29) is 6.10 Å². The van der Waals surface area contributed by atoms with Crippen molar-refractivity contribution in [3.63, 3.8) is 0 Å². The zero-order valence-electron chi connectivity index (χ0n) is 17.1. The van der Waals surface area contributed by atoms with Gasteiger partial charge in [-0.3, -0.25) is 19.5 Å². The van der Waals surface area contributed by atoms with E-state index in [1.165, 1.54) is 16.3 Å². The minimum absolute atomic E-state index is 0.331. The minimum atomic E-state index is -0.331. The first kappa shape index (κ1) is 20.3. The van der Waals surface area contributed by atoms with Crippen LogP contribution in [0, 0.1) is 0 Å². The SMILES string of the molecule is O=CN1CCN(C[C@H](O)CN2CCN(Cc3cccc4ccccc34)CC2)CC1. The zero-order valence-corrected chi connectivity index (χ0v) is 17.1. The van der Waals surface area contributed by atoms with E-state index in [0.717, 1.165) is 71.9 Å². The molecule has 4 rings (SSSR count). The summed E-state index contributed by atoms with van der Waals surface area (Å²) in [4.78, 5) is 19.8. The molecule has 0 aliphatic carbocycles. The van der Waals surface area contributed by atoms with E-state index in [1.807, 2.05) is 0 Å². The Morgan fingerprint density at radius 3 is 2.07 bits per heavy atom. The van der Waals surface area contributed by atoms with Crippen LogP contribution >= 0.6 is 0 Å². The first-order valence-electron chi connectivity index (χ1n) is 10.7. The summed E-state index contributed by atoms with van der Waals surface area (Å²) >= 11 is 0. The number of carbonyl (C=O) groups is 1. The number of β-amino-alcohol motifs (C(OH)–C–C–N with tert-alkyl or cyclic N) is 1. The topological polar surface area (TPSA) is 50.3 Å². The van der Waals surface area contributed by atoms with Gasteiger partial charge in [0.2, 0.25) is 6.41 Å². The van der Waals surface area contributed by atoms with Crippen LogP contribution in [0.4, 0.5) is 0 Å². The normalized spacial score (nSPS) is 20.8. The van der Waals surface area contributed by atoms with Gasteiger partial charge < -0.3 is 10.0 Å². The van der Waals surface area contributed by atoms with Crippen molar-refractivity contribution in [2.75, 3.05) is 65.4 Å². The molecule has 2 saturated heterocycles. The van der Waals surface area contributed by atoms with Crippen molar-refractivity contribution in [2.45, 2.75) is 12.6 Å². The molecule has 0 unspecified atom stereocenters. The fraction of sp³-hybridized carbons (Fsp3) is 0.522. The standard InChI is InChI=1S/C23H32N4O2/c28-19-27-14-12-26(13-15-27)18-22(29)17-25-10-8-24(9-11-25)16-21-6-3-5-20-4-1-2-7-23(20)21/h1-7,19,22,29H,8-18H2/t22-/m1/s1. The quantitative estimate of drug-likeness (QED) is 0.710. The monoisotopic (exact) mass is 396 g/mol. The zero-order chi connectivity index (χ0) is 20.1. The largest absolute Gasteiger partial charge is 0.390 e. The van der Waals surface area contributed by atoms with Gasteiger partial charge in [-0.2, -0.15) is 0 Å². The van der Waals surface area contributed by atoms with E-state index in [9.17, 15) is 9.90 Å². The Balaban J connectivity index is 1.22. The third-order valence-electron chi connectivity index (χ3n) is 6.23.